The van der Waals surface area contributed by atoms with E-state index in [-0.39, 0.29) is 11.8 Å². The fraction of sp³-hybridized carbons (Fsp3) is 0.667. The number of rotatable bonds is 10. The van der Waals surface area contributed by atoms with Crippen molar-refractivity contribution >= 4 is 5.91 Å². The van der Waals surface area contributed by atoms with E-state index in [1.807, 2.05) is 23.1 Å². The Labute approximate surface area is 186 Å². The van der Waals surface area contributed by atoms with E-state index >= 15 is 0 Å². The number of carbonyl (C=O) groups is 1. The Kier molecular flexibility index (Phi) is 9.15. The van der Waals surface area contributed by atoms with E-state index in [2.05, 4.69) is 24.8 Å². The van der Waals surface area contributed by atoms with Crippen LogP contribution in [0.25, 0.3) is 0 Å². The summed E-state index contributed by atoms with van der Waals surface area (Å²) in [6.07, 6.45) is 1.27. The van der Waals surface area contributed by atoms with Crippen molar-refractivity contribution in [3.63, 3.8) is 0 Å². The van der Waals surface area contributed by atoms with Gasteiger partial charge in [-0.25, -0.2) is 0 Å². The molecule has 1 aliphatic heterocycles. The third-order valence-corrected chi connectivity index (χ3v) is 6.51. The lowest BCUT2D eigenvalue weighted by atomic mass is 9.69. The molecule has 0 radical (unpaired) electrons. The molecule has 0 spiro atoms. The molecule has 31 heavy (non-hydrogen) atoms. The zero-order valence-electron chi connectivity index (χ0n) is 19.8. The number of piperazine rings is 1. The van der Waals surface area contributed by atoms with Gasteiger partial charge in [-0.1, -0.05) is 19.9 Å². The highest BCUT2D eigenvalue weighted by Crippen LogP contribution is 2.40. The molecular weight excluding hydrogens is 394 g/mol. The molecule has 0 N–H and O–H groups in total. The lowest BCUT2D eigenvalue weighted by Gasteiger charge is -2.37. The Bertz CT molecular complexity index is 769. The summed E-state index contributed by atoms with van der Waals surface area (Å²) >= 11 is 0. The molecule has 1 aromatic carbocycles. The molecule has 172 valence electrons. The maximum atomic E-state index is 12.3. The summed E-state index contributed by atoms with van der Waals surface area (Å²) in [5.74, 6) is 1.52. The highest BCUT2D eigenvalue weighted by Gasteiger charge is 2.36. The van der Waals surface area contributed by atoms with Gasteiger partial charge in [0, 0.05) is 33.3 Å². The van der Waals surface area contributed by atoms with Gasteiger partial charge in [0.2, 0.25) is 0 Å². The number of nitriles is 1. The molecule has 2 atom stereocenters. The largest absolute Gasteiger partial charge is 0.493 e. The highest BCUT2D eigenvalue weighted by molar-refractivity contribution is 5.80. The highest BCUT2D eigenvalue weighted by atomic mass is 16.5. The van der Waals surface area contributed by atoms with Crippen LogP contribution < -0.4 is 9.47 Å². The molecule has 1 amide bonds. The SMILES string of the molecule is COc1ccc(C(C#N)(CCCN2CCN(C(=O)C(C)OC)CC2)C(C)C)cc1OC. The molecule has 0 saturated carbocycles. The van der Waals surface area contributed by atoms with Crippen LogP contribution in [0.15, 0.2) is 18.2 Å². The lowest BCUT2D eigenvalue weighted by Crippen LogP contribution is -2.51. The second kappa shape index (κ2) is 11.4. The Balaban J connectivity index is 2.01. The van der Waals surface area contributed by atoms with Crippen LogP contribution in [0.1, 0.15) is 39.2 Å². The average molecular weight is 432 g/mol. The molecular formula is C24H37N3O4. The van der Waals surface area contributed by atoms with Crippen LogP contribution in [-0.2, 0) is 14.9 Å². The van der Waals surface area contributed by atoms with Crippen molar-refractivity contribution in [3.8, 4) is 17.6 Å². The van der Waals surface area contributed by atoms with Crippen LogP contribution >= 0.6 is 0 Å². The van der Waals surface area contributed by atoms with Gasteiger partial charge >= 0.3 is 0 Å². The second-order valence-electron chi connectivity index (χ2n) is 8.46. The maximum Gasteiger partial charge on any atom is 0.251 e. The molecule has 1 saturated heterocycles. The Morgan fingerprint density at radius 3 is 2.26 bits per heavy atom. The van der Waals surface area contributed by atoms with Gasteiger partial charge in [0.15, 0.2) is 11.5 Å². The van der Waals surface area contributed by atoms with E-state index in [0.717, 1.165) is 51.1 Å². The van der Waals surface area contributed by atoms with Crippen LogP contribution in [0, 0.1) is 17.2 Å². The van der Waals surface area contributed by atoms with Gasteiger partial charge in [-0.15, -0.1) is 0 Å². The number of methoxy groups -OCH3 is 3. The van der Waals surface area contributed by atoms with Gasteiger partial charge in [0.05, 0.1) is 25.7 Å². The molecule has 2 rings (SSSR count). The molecule has 2 unspecified atom stereocenters. The Morgan fingerprint density at radius 1 is 1.10 bits per heavy atom. The van der Waals surface area contributed by atoms with Gasteiger partial charge in [-0.05, 0) is 49.9 Å². The van der Waals surface area contributed by atoms with Crippen molar-refractivity contribution in [1.82, 2.24) is 9.80 Å². The lowest BCUT2D eigenvalue weighted by molar-refractivity contribution is -0.142. The summed E-state index contributed by atoms with van der Waals surface area (Å²) < 4.78 is 16.0. The predicted molar refractivity (Wildman–Crippen MR) is 120 cm³/mol. The molecule has 1 aliphatic rings. The van der Waals surface area contributed by atoms with E-state index < -0.39 is 11.5 Å². The monoisotopic (exact) mass is 431 g/mol. The van der Waals surface area contributed by atoms with Crippen molar-refractivity contribution in [2.45, 2.75) is 45.1 Å². The third kappa shape index (κ3) is 5.69. The molecule has 0 bridgehead atoms. The van der Waals surface area contributed by atoms with Crippen molar-refractivity contribution < 1.29 is 19.0 Å². The third-order valence-electron chi connectivity index (χ3n) is 6.51. The summed E-state index contributed by atoms with van der Waals surface area (Å²) in [7, 11) is 4.79. The van der Waals surface area contributed by atoms with Crippen molar-refractivity contribution in [2.75, 3.05) is 54.1 Å². The van der Waals surface area contributed by atoms with E-state index in [9.17, 15) is 10.1 Å². The normalized spacial score (nSPS) is 17.7. The number of nitrogens with zero attached hydrogens (tertiary/aromatic N) is 3. The summed E-state index contributed by atoms with van der Waals surface area (Å²) in [4.78, 5) is 16.5. The predicted octanol–water partition coefficient (Wildman–Crippen LogP) is 3.08. The second-order valence-corrected chi connectivity index (χ2v) is 8.46. The summed E-state index contributed by atoms with van der Waals surface area (Å²) in [6, 6.07) is 8.40. The van der Waals surface area contributed by atoms with E-state index in [1.54, 1.807) is 28.3 Å². The van der Waals surface area contributed by atoms with Crippen LogP contribution in [0.5, 0.6) is 11.5 Å². The summed E-state index contributed by atoms with van der Waals surface area (Å²) in [5, 5.41) is 10.2. The standard InChI is InChI=1S/C24H37N3O4/c1-18(2)24(17-25,20-8-9-21(30-5)22(16-20)31-6)10-7-11-26-12-14-27(15-13-26)23(28)19(3)29-4/h8-9,16,18-19H,7,10-15H2,1-6H3. The minimum atomic E-state index is -0.592. The zero-order chi connectivity index (χ0) is 23.0. The van der Waals surface area contributed by atoms with Crippen LogP contribution in [0.3, 0.4) is 0 Å². The van der Waals surface area contributed by atoms with Crippen LogP contribution in [0.4, 0.5) is 0 Å². The number of ether oxygens (including phenoxy) is 3. The molecule has 7 heteroatoms. The van der Waals surface area contributed by atoms with Gasteiger partial charge < -0.3 is 19.1 Å². The van der Waals surface area contributed by atoms with E-state index in [4.69, 9.17) is 14.2 Å². The molecule has 7 nitrogen and oxygen atoms in total. The quantitative estimate of drug-likeness (QED) is 0.567. The fourth-order valence-electron chi connectivity index (χ4n) is 4.26. The first-order valence-electron chi connectivity index (χ1n) is 11.0. The number of carbonyl (C=O) groups excluding carboxylic acids is 1. The first-order valence-corrected chi connectivity index (χ1v) is 11.0. The Morgan fingerprint density at radius 2 is 1.74 bits per heavy atom. The average Bonchev–Trinajstić information content (AvgIpc) is 2.80. The summed E-state index contributed by atoms with van der Waals surface area (Å²) in [5.41, 5.74) is 0.372. The molecule has 1 aromatic rings. The van der Waals surface area contributed by atoms with Crippen LogP contribution in [-0.4, -0.2) is 75.9 Å². The van der Waals surface area contributed by atoms with E-state index in [0.29, 0.717) is 11.5 Å². The zero-order valence-corrected chi connectivity index (χ0v) is 19.8. The van der Waals surface area contributed by atoms with Crippen molar-refractivity contribution in [1.29, 1.82) is 5.26 Å². The number of amides is 1. The number of benzene rings is 1. The van der Waals surface area contributed by atoms with Gasteiger partial charge in [0.1, 0.15) is 6.10 Å². The van der Waals surface area contributed by atoms with Crippen molar-refractivity contribution in [3.05, 3.63) is 23.8 Å². The maximum absolute atomic E-state index is 12.3. The number of hydrogen-bond donors (Lipinski definition) is 0. The Hall–Kier alpha value is -2.30. The first kappa shape index (κ1) is 25.0. The molecule has 0 aromatic heterocycles. The van der Waals surface area contributed by atoms with E-state index in [1.165, 1.54) is 0 Å². The minimum absolute atomic E-state index is 0.0545. The van der Waals surface area contributed by atoms with Gasteiger partial charge in [0.25, 0.3) is 5.91 Å². The smallest absolute Gasteiger partial charge is 0.251 e. The van der Waals surface area contributed by atoms with Gasteiger partial charge in [-0.2, -0.15) is 5.26 Å². The number of hydrogen-bond acceptors (Lipinski definition) is 6. The summed E-state index contributed by atoms with van der Waals surface area (Å²) in [6.45, 7) is 10.0. The molecule has 1 fully saturated rings. The van der Waals surface area contributed by atoms with Crippen molar-refractivity contribution in [2.24, 2.45) is 5.92 Å². The fourth-order valence-corrected chi connectivity index (χ4v) is 4.26. The molecule has 1 heterocycles. The topological polar surface area (TPSA) is 75.0 Å². The van der Waals surface area contributed by atoms with Crippen LogP contribution in [0.2, 0.25) is 0 Å². The minimum Gasteiger partial charge on any atom is -0.493 e. The molecule has 0 aliphatic carbocycles. The first-order chi connectivity index (χ1) is 14.8. The van der Waals surface area contributed by atoms with Gasteiger partial charge in [-0.3, -0.25) is 9.69 Å².